The maximum absolute atomic E-state index is 11.3. The van der Waals surface area contributed by atoms with Crippen LogP contribution in [-0.2, 0) is 14.2 Å². The highest BCUT2D eigenvalue weighted by atomic mass is 16.7. The largest absolute Gasteiger partial charge is 0.465 e. The number of carbonyl (C=O) groups is 1. The second-order valence-electron chi connectivity index (χ2n) is 3.33. The van der Waals surface area contributed by atoms with E-state index in [9.17, 15) is 14.9 Å². The number of carbonyl (C=O) groups excluding carboxylic acids is 1. The molecule has 0 N–H and O–H groups in total. The monoisotopic (exact) mass is 255 g/mol. The number of hydrogen-bond acceptors (Lipinski definition) is 6. The first-order chi connectivity index (χ1) is 8.54. The molecule has 0 saturated carbocycles. The van der Waals surface area contributed by atoms with Gasteiger partial charge in [0, 0.05) is 20.3 Å². The minimum atomic E-state index is -0.864. The van der Waals surface area contributed by atoms with Gasteiger partial charge in [0.25, 0.3) is 5.69 Å². The lowest BCUT2D eigenvalue weighted by Crippen LogP contribution is -2.09. The number of methoxy groups -OCH3 is 3. The minimum absolute atomic E-state index is 0.0962. The zero-order valence-corrected chi connectivity index (χ0v) is 10.2. The van der Waals surface area contributed by atoms with Gasteiger partial charge < -0.3 is 14.2 Å². The molecule has 18 heavy (non-hydrogen) atoms. The van der Waals surface area contributed by atoms with Gasteiger partial charge in [0.15, 0.2) is 6.29 Å². The first kappa shape index (κ1) is 14.1. The molecule has 0 atom stereocenters. The van der Waals surface area contributed by atoms with E-state index in [0.29, 0.717) is 0 Å². The molecule has 0 aliphatic carbocycles. The Morgan fingerprint density at radius 1 is 1.28 bits per heavy atom. The Bertz CT molecular complexity index is 455. The van der Waals surface area contributed by atoms with Crippen molar-refractivity contribution in [2.45, 2.75) is 6.29 Å². The number of nitrogens with zero attached hydrogens (tertiary/aromatic N) is 1. The molecule has 0 aliphatic heterocycles. The Labute approximate surface area is 103 Å². The smallest absolute Gasteiger partial charge is 0.338 e. The van der Waals surface area contributed by atoms with E-state index in [1.54, 1.807) is 0 Å². The van der Waals surface area contributed by atoms with Gasteiger partial charge in [0.05, 0.1) is 23.2 Å². The average molecular weight is 255 g/mol. The number of esters is 1. The molecule has 1 rings (SSSR count). The van der Waals surface area contributed by atoms with Crippen molar-refractivity contribution in [3.8, 4) is 0 Å². The number of benzene rings is 1. The van der Waals surface area contributed by atoms with Crippen LogP contribution in [0.15, 0.2) is 18.2 Å². The maximum Gasteiger partial charge on any atom is 0.338 e. The van der Waals surface area contributed by atoms with Gasteiger partial charge in [-0.25, -0.2) is 4.79 Å². The number of rotatable bonds is 5. The average Bonchev–Trinajstić information content (AvgIpc) is 2.39. The van der Waals surface area contributed by atoms with Crippen LogP contribution in [0.4, 0.5) is 5.69 Å². The predicted molar refractivity (Wildman–Crippen MR) is 61.2 cm³/mol. The van der Waals surface area contributed by atoms with E-state index >= 15 is 0 Å². The molecule has 0 bridgehead atoms. The third kappa shape index (κ3) is 2.82. The molecule has 1 aromatic rings. The molecule has 7 nitrogen and oxygen atoms in total. The summed E-state index contributed by atoms with van der Waals surface area (Å²) in [7, 11) is 3.94. The van der Waals surface area contributed by atoms with Crippen molar-refractivity contribution in [2.75, 3.05) is 21.3 Å². The topological polar surface area (TPSA) is 87.9 Å². The number of hydrogen-bond donors (Lipinski definition) is 0. The van der Waals surface area contributed by atoms with E-state index in [2.05, 4.69) is 4.74 Å². The predicted octanol–water partition coefficient (Wildman–Crippen LogP) is 1.67. The highest BCUT2D eigenvalue weighted by Crippen LogP contribution is 2.28. The molecular formula is C11H13NO6. The lowest BCUT2D eigenvalue weighted by Gasteiger charge is -2.14. The van der Waals surface area contributed by atoms with Gasteiger partial charge in [-0.05, 0) is 12.1 Å². The maximum atomic E-state index is 11.3. The lowest BCUT2D eigenvalue weighted by atomic mass is 10.1. The van der Waals surface area contributed by atoms with Crippen molar-refractivity contribution in [1.82, 2.24) is 0 Å². The summed E-state index contributed by atoms with van der Waals surface area (Å²) < 4.78 is 14.4. The van der Waals surface area contributed by atoms with Gasteiger partial charge in [0.2, 0.25) is 0 Å². The number of ether oxygens (including phenoxy) is 3. The Morgan fingerprint density at radius 2 is 1.89 bits per heavy atom. The molecule has 0 saturated heterocycles. The summed E-state index contributed by atoms with van der Waals surface area (Å²) in [6, 6.07) is 3.95. The van der Waals surface area contributed by atoms with Crippen LogP contribution >= 0.6 is 0 Å². The molecule has 0 spiro atoms. The molecule has 0 amide bonds. The van der Waals surface area contributed by atoms with Crippen molar-refractivity contribution in [2.24, 2.45) is 0 Å². The Hall–Kier alpha value is -1.99. The SMILES string of the molecule is COC(=O)c1ccc(C(OC)OC)c([N+](=O)[O-])c1. The summed E-state index contributed by atoms with van der Waals surface area (Å²) >= 11 is 0. The van der Waals surface area contributed by atoms with E-state index < -0.39 is 17.2 Å². The molecule has 0 unspecified atom stereocenters. The molecule has 7 heteroatoms. The highest BCUT2D eigenvalue weighted by Gasteiger charge is 2.23. The fourth-order valence-corrected chi connectivity index (χ4v) is 1.50. The van der Waals surface area contributed by atoms with E-state index in [4.69, 9.17) is 9.47 Å². The van der Waals surface area contributed by atoms with E-state index in [1.807, 2.05) is 0 Å². The quantitative estimate of drug-likeness (QED) is 0.344. The van der Waals surface area contributed by atoms with Crippen LogP contribution < -0.4 is 0 Å². The molecule has 0 aliphatic rings. The van der Waals surface area contributed by atoms with Crippen LogP contribution in [-0.4, -0.2) is 32.2 Å². The second kappa shape index (κ2) is 6.08. The van der Waals surface area contributed by atoms with Crippen LogP contribution in [0, 0.1) is 10.1 Å². The van der Waals surface area contributed by atoms with E-state index in [1.165, 1.54) is 33.5 Å². The molecule has 0 heterocycles. The van der Waals surface area contributed by atoms with Crippen LogP contribution in [0.2, 0.25) is 0 Å². The zero-order chi connectivity index (χ0) is 13.7. The summed E-state index contributed by atoms with van der Waals surface area (Å²) in [6.07, 6.45) is -0.864. The van der Waals surface area contributed by atoms with Crippen molar-refractivity contribution in [3.05, 3.63) is 39.4 Å². The third-order valence-corrected chi connectivity index (χ3v) is 2.33. The summed E-state index contributed by atoms with van der Waals surface area (Å²) in [5.41, 5.74) is 0.0724. The van der Waals surface area contributed by atoms with Crippen molar-refractivity contribution < 1.29 is 23.9 Å². The molecule has 0 fully saturated rings. The first-order valence-corrected chi connectivity index (χ1v) is 4.97. The fourth-order valence-electron chi connectivity index (χ4n) is 1.50. The Kier molecular flexibility index (Phi) is 4.75. The summed E-state index contributed by atoms with van der Waals surface area (Å²) in [5.74, 6) is -0.643. The van der Waals surface area contributed by atoms with E-state index in [-0.39, 0.29) is 16.8 Å². The Balaban J connectivity index is 3.28. The van der Waals surface area contributed by atoms with Crippen LogP contribution in [0.1, 0.15) is 22.2 Å². The summed E-state index contributed by atoms with van der Waals surface area (Å²) in [4.78, 5) is 21.7. The van der Waals surface area contributed by atoms with Gasteiger partial charge in [0.1, 0.15) is 0 Å². The first-order valence-electron chi connectivity index (χ1n) is 4.97. The van der Waals surface area contributed by atoms with Crippen LogP contribution in [0.3, 0.4) is 0 Å². The molecule has 0 radical (unpaired) electrons. The fraction of sp³-hybridized carbons (Fsp3) is 0.364. The highest BCUT2D eigenvalue weighted by molar-refractivity contribution is 5.90. The van der Waals surface area contributed by atoms with Gasteiger partial charge in [-0.15, -0.1) is 0 Å². The molecule has 1 aromatic carbocycles. The summed E-state index contributed by atoms with van der Waals surface area (Å²) in [5, 5.41) is 11.0. The van der Waals surface area contributed by atoms with Gasteiger partial charge in [-0.2, -0.15) is 0 Å². The van der Waals surface area contributed by atoms with Gasteiger partial charge in [-0.3, -0.25) is 10.1 Å². The lowest BCUT2D eigenvalue weighted by molar-refractivity contribution is -0.387. The Morgan fingerprint density at radius 3 is 2.33 bits per heavy atom. The van der Waals surface area contributed by atoms with Crippen molar-refractivity contribution in [3.63, 3.8) is 0 Å². The minimum Gasteiger partial charge on any atom is -0.465 e. The zero-order valence-electron chi connectivity index (χ0n) is 10.2. The molecule has 0 aromatic heterocycles. The normalized spacial score (nSPS) is 10.4. The second-order valence-corrected chi connectivity index (χ2v) is 3.33. The molecule has 98 valence electrons. The molecular weight excluding hydrogens is 242 g/mol. The summed E-state index contributed by atoms with van der Waals surface area (Å²) in [6.45, 7) is 0. The standard InChI is InChI=1S/C11H13NO6/c1-16-10(13)7-4-5-8(11(17-2)18-3)9(6-7)12(14)15/h4-6,11H,1-3H3. The number of nitro benzene ring substituents is 1. The van der Waals surface area contributed by atoms with Gasteiger partial charge >= 0.3 is 5.97 Å². The van der Waals surface area contributed by atoms with E-state index in [0.717, 1.165) is 6.07 Å². The van der Waals surface area contributed by atoms with Crippen molar-refractivity contribution >= 4 is 11.7 Å². The number of nitro groups is 1. The van der Waals surface area contributed by atoms with Gasteiger partial charge in [-0.1, -0.05) is 0 Å². The van der Waals surface area contributed by atoms with Crippen molar-refractivity contribution in [1.29, 1.82) is 0 Å². The van der Waals surface area contributed by atoms with Crippen LogP contribution in [0.25, 0.3) is 0 Å². The van der Waals surface area contributed by atoms with Crippen LogP contribution in [0.5, 0.6) is 0 Å². The third-order valence-electron chi connectivity index (χ3n) is 2.33.